The van der Waals surface area contributed by atoms with Crippen molar-refractivity contribution in [3.05, 3.63) is 66.7 Å². The van der Waals surface area contributed by atoms with Gasteiger partial charge in [-0.25, -0.2) is 0 Å². The maximum Gasteiger partial charge on any atom is 0.297 e. The number of benzene rings is 4. The summed E-state index contributed by atoms with van der Waals surface area (Å²) in [4.78, 5) is 0.221. The van der Waals surface area contributed by atoms with Crippen molar-refractivity contribution < 1.29 is 12.6 Å². The molecule has 128 valence electrons. The molecule has 0 bridgehead atoms. The molecule has 5 heteroatoms. The molecule has 0 aliphatic carbocycles. The highest BCUT2D eigenvalue weighted by molar-refractivity contribution is 7.87. The summed E-state index contributed by atoms with van der Waals surface area (Å²) in [5, 5.41) is 6.24. The van der Waals surface area contributed by atoms with E-state index in [0.29, 0.717) is 5.39 Å². The summed E-state index contributed by atoms with van der Waals surface area (Å²) >= 11 is 1.63. The second-order valence-electron chi connectivity index (χ2n) is 6.18. The largest absolute Gasteiger partial charge is 0.297 e. The normalized spacial score (nSPS) is 12.5. The zero-order valence-corrected chi connectivity index (χ0v) is 15.5. The lowest BCUT2D eigenvalue weighted by molar-refractivity contribution is 0.398. The van der Waals surface area contributed by atoms with Gasteiger partial charge in [0.25, 0.3) is 10.1 Å². The van der Waals surface area contributed by atoms with E-state index in [2.05, 4.69) is 24.3 Å². The van der Waals surface area contributed by atoms with Crippen LogP contribution in [-0.4, -0.2) is 15.5 Å². The summed E-state index contributed by atoms with van der Waals surface area (Å²) in [7, 11) is -2.59. The predicted molar refractivity (Wildman–Crippen MR) is 109 cm³/mol. The third kappa shape index (κ3) is 2.11. The van der Waals surface area contributed by atoms with Crippen molar-refractivity contribution in [3.63, 3.8) is 0 Å². The first-order valence-corrected chi connectivity index (χ1v) is 10.4. The van der Waals surface area contributed by atoms with Crippen molar-refractivity contribution in [2.45, 2.75) is 4.90 Å². The van der Waals surface area contributed by atoms with Crippen molar-refractivity contribution in [3.8, 4) is 0 Å². The van der Waals surface area contributed by atoms with Crippen LogP contribution in [0.1, 0.15) is 0 Å². The monoisotopic (exact) mass is 378 g/mol. The Morgan fingerprint density at radius 3 is 2.27 bits per heavy atom. The third-order valence-electron chi connectivity index (χ3n) is 4.82. The van der Waals surface area contributed by atoms with Gasteiger partial charge in [-0.1, -0.05) is 60.7 Å². The van der Waals surface area contributed by atoms with Gasteiger partial charge in [-0.3, -0.25) is 4.18 Å². The second-order valence-corrected chi connectivity index (χ2v) is 8.91. The van der Waals surface area contributed by atoms with Gasteiger partial charge in [0.2, 0.25) is 0 Å². The minimum Gasteiger partial charge on any atom is -0.270 e. The Morgan fingerprint density at radius 1 is 0.808 bits per heavy atom. The van der Waals surface area contributed by atoms with Crippen molar-refractivity contribution in [2.75, 3.05) is 7.11 Å². The van der Waals surface area contributed by atoms with Crippen LogP contribution in [0.3, 0.4) is 0 Å². The molecule has 26 heavy (non-hydrogen) atoms. The summed E-state index contributed by atoms with van der Waals surface area (Å²) in [6.07, 6.45) is 0. The Bertz CT molecular complexity index is 1430. The first-order chi connectivity index (χ1) is 12.6. The van der Waals surface area contributed by atoms with Gasteiger partial charge in [0.15, 0.2) is 0 Å². The van der Waals surface area contributed by atoms with Gasteiger partial charge < -0.3 is 0 Å². The van der Waals surface area contributed by atoms with Gasteiger partial charge in [-0.2, -0.15) is 8.42 Å². The molecule has 0 unspecified atom stereocenters. The Hall–Kier alpha value is -2.47. The first kappa shape index (κ1) is 15.8. The molecular formula is C21H14O3S2. The molecule has 1 heterocycles. The lowest BCUT2D eigenvalue weighted by Gasteiger charge is -2.08. The zero-order valence-electron chi connectivity index (χ0n) is 13.9. The standard InChI is InChI=1S/C21H14O3S2/c1-24-26(22,23)19-12-18-20(16-9-5-4-8-15(16)19)17-11-10-13-6-2-3-7-14(13)21(17)25-18/h2-12H,1H3. The smallest absolute Gasteiger partial charge is 0.270 e. The summed E-state index contributed by atoms with van der Waals surface area (Å²) in [6.45, 7) is 0. The molecule has 0 N–H and O–H groups in total. The van der Waals surface area contributed by atoms with Gasteiger partial charge in [0.05, 0.1) is 7.11 Å². The van der Waals surface area contributed by atoms with Crippen LogP contribution in [0.15, 0.2) is 71.6 Å². The highest BCUT2D eigenvalue weighted by Crippen LogP contribution is 2.43. The van der Waals surface area contributed by atoms with E-state index >= 15 is 0 Å². The molecule has 0 atom stereocenters. The minimum absolute atomic E-state index is 0.221. The van der Waals surface area contributed by atoms with E-state index in [4.69, 9.17) is 4.18 Å². The van der Waals surface area contributed by atoms with E-state index in [1.807, 2.05) is 36.4 Å². The molecule has 0 saturated heterocycles. The van der Waals surface area contributed by atoms with Crippen LogP contribution >= 0.6 is 11.3 Å². The van der Waals surface area contributed by atoms with Gasteiger partial charge in [-0.15, -0.1) is 11.3 Å². The van der Waals surface area contributed by atoms with Crippen molar-refractivity contribution in [1.82, 2.24) is 0 Å². The van der Waals surface area contributed by atoms with Gasteiger partial charge in [-0.05, 0) is 22.2 Å². The number of rotatable bonds is 2. The molecule has 0 fully saturated rings. The SMILES string of the molecule is COS(=O)(=O)c1cc2sc3c4ccccc4ccc3c2c2ccccc12. The molecule has 0 aliphatic heterocycles. The quantitative estimate of drug-likeness (QED) is 0.370. The molecule has 0 aliphatic rings. The lowest BCUT2D eigenvalue weighted by atomic mass is 10.0. The van der Waals surface area contributed by atoms with Crippen molar-refractivity contribution in [1.29, 1.82) is 0 Å². The van der Waals surface area contributed by atoms with E-state index in [9.17, 15) is 8.42 Å². The molecule has 0 radical (unpaired) electrons. The van der Waals surface area contributed by atoms with E-state index < -0.39 is 10.1 Å². The lowest BCUT2D eigenvalue weighted by Crippen LogP contribution is -2.03. The van der Waals surface area contributed by atoms with Crippen LogP contribution in [0.5, 0.6) is 0 Å². The first-order valence-electron chi connectivity index (χ1n) is 8.16. The number of hydrogen-bond donors (Lipinski definition) is 0. The van der Waals surface area contributed by atoms with Crippen LogP contribution in [0.2, 0.25) is 0 Å². The van der Waals surface area contributed by atoms with Crippen LogP contribution in [0.4, 0.5) is 0 Å². The average Bonchev–Trinajstić information content (AvgIpc) is 3.06. The number of thiophene rings is 1. The average molecular weight is 378 g/mol. The van der Waals surface area contributed by atoms with Gasteiger partial charge in [0.1, 0.15) is 4.90 Å². The van der Waals surface area contributed by atoms with E-state index in [0.717, 1.165) is 20.9 Å². The molecule has 1 aromatic heterocycles. The summed E-state index contributed by atoms with van der Waals surface area (Å²) in [6, 6.07) is 21.9. The molecule has 3 nitrogen and oxygen atoms in total. The topological polar surface area (TPSA) is 43.4 Å². The number of hydrogen-bond acceptors (Lipinski definition) is 4. The molecule has 0 spiro atoms. The van der Waals surface area contributed by atoms with Crippen molar-refractivity contribution in [2.24, 2.45) is 0 Å². The summed E-state index contributed by atoms with van der Waals surface area (Å²) in [5.41, 5.74) is 0. The number of fused-ring (bicyclic) bond motifs is 7. The Kier molecular flexibility index (Phi) is 3.34. The van der Waals surface area contributed by atoms with E-state index in [-0.39, 0.29) is 4.90 Å². The van der Waals surface area contributed by atoms with Gasteiger partial charge in [0, 0.05) is 25.6 Å². The molecule has 5 rings (SSSR count). The third-order valence-corrected chi connectivity index (χ3v) is 7.32. The maximum absolute atomic E-state index is 12.5. The van der Waals surface area contributed by atoms with Crippen LogP contribution in [-0.2, 0) is 14.3 Å². The highest BCUT2D eigenvalue weighted by Gasteiger charge is 2.21. The Balaban J connectivity index is 2.06. The fourth-order valence-corrected chi connectivity index (χ4v) is 5.89. The fraction of sp³-hybridized carbons (Fsp3) is 0.0476. The van der Waals surface area contributed by atoms with E-state index in [1.165, 1.54) is 22.6 Å². The minimum atomic E-state index is -3.79. The van der Waals surface area contributed by atoms with Crippen molar-refractivity contribution >= 4 is 63.2 Å². The fourth-order valence-electron chi connectivity index (χ4n) is 3.63. The molecule has 5 aromatic rings. The molecular weight excluding hydrogens is 364 g/mol. The maximum atomic E-state index is 12.5. The van der Waals surface area contributed by atoms with Crippen LogP contribution < -0.4 is 0 Å². The Labute approximate surface area is 154 Å². The summed E-state index contributed by atoms with van der Waals surface area (Å²) in [5.74, 6) is 0. The van der Waals surface area contributed by atoms with Crippen LogP contribution in [0, 0.1) is 0 Å². The highest BCUT2D eigenvalue weighted by atomic mass is 32.2. The van der Waals surface area contributed by atoms with Gasteiger partial charge >= 0.3 is 0 Å². The molecule has 4 aromatic carbocycles. The Morgan fingerprint density at radius 2 is 1.50 bits per heavy atom. The van der Waals surface area contributed by atoms with E-state index in [1.54, 1.807) is 17.4 Å². The summed E-state index contributed by atoms with van der Waals surface area (Å²) < 4.78 is 31.9. The van der Waals surface area contributed by atoms with Crippen LogP contribution in [0.25, 0.3) is 41.7 Å². The molecule has 0 amide bonds. The second kappa shape index (κ2) is 5.51. The zero-order chi connectivity index (χ0) is 17.9. The predicted octanol–water partition coefficient (Wildman–Crippen LogP) is 5.70. The molecule has 0 saturated carbocycles.